The van der Waals surface area contributed by atoms with Crippen LogP contribution in [0.2, 0.25) is 10.0 Å². The maximum atomic E-state index is 13.5. The molecular weight excluding hydrogens is 296 g/mol. The van der Waals surface area contributed by atoms with Crippen LogP contribution in [0, 0.1) is 5.82 Å². The predicted octanol–water partition coefficient (Wildman–Crippen LogP) is 5.05. The molecule has 0 amide bonds. The zero-order valence-electron chi connectivity index (χ0n) is 10.8. The van der Waals surface area contributed by atoms with Gasteiger partial charge in [-0.3, -0.25) is 0 Å². The monoisotopic (exact) mass is 309 g/mol. The average Bonchev–Trinajstić information content (AvgIpc) is 3.24. The van der Waals surface area contributed by atoms with Crippen molar-refractivity contribution in [2.24, 2.45) is 0 Å². The minimum absolute atomic E-state index is 0.237. The molecule has 104 valence electrons. The number of nitrogens with one attached hydrogen (secondary N) is 1. The van der Waals surface area contributed by atoms with Gasteiger partial charge in [0.25, 0.3) is 0 Å². The van der Waals surface area contributed by atoms with E-state index in [9.17, 15) is 4.39 Å². The summed E-state index contributed by atoms with van der Waals surface area (Å²) in [6.45, 7) is 0.639. The molecule has 1 N–H and O–H groups in total. The molecule has 0 aliphatic heterocycles. The highest BCUT2D eigenvalue weighted by Crippen LogP contribution is 2.35. The molecule has 0 unspecified atom stereocenters. The Kier molecular flexibility index (Phi) is 3.97. The van der Waals surface area contributed by atoms with E-state index in [1.807, 2.05) is 12.1 Å². The highest BCUT2D eigenvalue weighted by molar-refractivity contribution is 6.43. The maximum absolute atomic E-state index is 13.5. The molecule has 2 aromatic rings. The minimum Gasteiger partial charge on any atom is -0.310 e. The van der Waals surface area contributed by atoms with Crippen LogP contribution in [0.1, 0.15) is 18.4 Å². The highest BCUT2D eigenvalue weighted by Gasteiger charge is 2.21. The van der Waals surface area contributed by atoms with Gasteiger partial charge in [-0.25, -0.2) is 4.39 Å². The van der Waals surface area contributed by atoms with E-state index in [0.717, 1.165) is 16.7 Å². The molecule has 0 atom stereocenters. The molecule has 0 radical (unpaired) electrons. The van der Waals surface area contributed by atoms with Crippen molar-refractivity contribution in [3.8, 4) is 11.1 Å². The Balaban J connectivity index is 2.00. The van der Waals surface area contributed by atoms with E-state index in [1.165, 1.54) is 18.9 Å². The van der Waals surface area contributed by atoms with Crippen molar-refractivity contribution >= 4 is 23.2 Å². The van der Waals surface area contributed by atoms with Gasteiger partial charge in [-0.05, 0) is 42.2 Å². The van der Waals surface area contributed by atoms with Gasteiger partial charge in [0.15, 0.2) is 0 Å². The molecule has 1 fully saturated rings. The van der Waals surface area contributed by atoms with Gasteiger partial charge in [0.2, 0.25) is 0 Å². The predicted molar refractivity (Wildman–Crippen MR) is 81.7 cm³/mol. The topological polar surface area (TPSA) is 12.0 Å². The zero-order chi connectivity index (χ0) is 14.1. The molecule has 0 heterocycles. The lowest BCUT2D eigenvalue weighted by Gasteiger charge is -2.13. The Morgan fingerprint density at radius 2 is 1.90 bits per heavy atom. The molecule has 1 saturated carbocycles. The Hall–Kier alpha value is -1.09. The molecular formula is C16H14Cl2FN. The Labute approximate surface area is 127 Å². The zero-order valence-corrected chi connectivity index (χ0v) is 12.3. The summed E-state index contributed by atoms with van der Waals surface area (Å²) in [6.07, 6.45) is 2.39. The lowest BCUT2D eigenvalue weighted by atomic mass is 9.99. The van der Waals surface area contributed by atoms with Gasteiger partial charge < -0.3 is 5.32 Å². The molecule has 20 heavy (non-hydrogen) atoms. The lowest BCUT2D eigenvalue weighted by molar-refractivity contribution is 0.620. The smallest absolute Gasteiger partial charge is 0.123 e. The second-order valence-electron chi connectivity index (χ2n) is 5.06. The molecule has 0 bridgehead atoms. The van der Waals surface area contributed by atoms with Crippen molar-refractivity contribution in [3.63, 3.8) is 0 Å². The summed E-state index contributed by atoms with van der Waals surface area (Å²) in [5.41, 5.74) is 2.67. The summed E-state index contributed by atoms with van der Waals surface area (Å²) in [6, 6.07) is 10.8. The van der Waals surface area contributed by atoms with Gasteiger partial charge in [0.1, 0.15) is 5.82 Å². The van der Waals surface area contributed by atoms with Crippen LogP contribution >= 0.6 is 23.2 Å². The second kappa shape index (κ2) is 5.72. The first-order chi connectivity index (χ1) is 9.65. The highest BCUT2D eigenvalue weighted by atomic mass is 35.5. The molecule has 2 aromatic carbocycles. The van der Waals surface area contributed by atoms with Gasteiger partial charge in [-0.15, -0.1) is 0 Å². The van der Waals surface area contributed by atoms with E-state index >= 15 is 0 Å². The van der Waals surface area contributed by atoms with Gasteiger partial charge >= 0.3 is 0 Å². The van der Waals surface area contributed by atoms with Crippen LogP contribution in [0.4, 0.5) is 4.39 Å². The Bertz CT molecular complexity index is 638. The largest absolute Gasteiger partial charge is 0.310 e. The summed E-state index contributed by atoms with van der Waals surface area (Å²) in [5, 5.41) is 4.42. The van der Waals surface area contributed by atoms with E-state index in [4.69, 9.17) is 23.2 Å². The van der Waals surface area contributed by atoms with Crippen molar-refractivity contribution < 1.29 is 4.39 Å². The van der Waals surface area contributed by atoms with Crippen molar-refractivity contribution in [3.05, 3.63) is 57.8 Å². The normalized spacial score (nSPS) is 14.6. The van der Waals surface area contributed by atoms with Crippen molar-refractivity contribution in [2.45, 2.75) is 25.4 Å². The molecule has 1 aliphatic rings. The summed E-state index contributed by atoms with van der Waals surface area (Å²) in [7, 11) is 0. The van der Waals surface area contributed by atoms with E-state index in [1.54, 1.807) is 18.2 Å². The van der Waals surface area contributed by atoms with Crippen LogP contribution in [-0.2, 0) is 6.54 Å². The van der Waals surface area contributed by atoms with Crippen LogP contribution in [-0.4, -0.2) is 6.04 Å². The average molecular weight is 310 g/mol. The molecule has 0 saturated heterocycles. The molecule has 0 aromatic heterocycles. The van der Waals surface area contributed by atoms with E-state index in [2.05, 4.69) is 5.32 Å². The van der Waals surface area contributed by atoms with E-state index in [-0.39, 0.29) is 5.82 Å². The van der Waals surface area contributed by atoms with E-state index in [0.29, 0.717) is 22.6 Å². The fourth-order valence-electron chi connectivity index (χ4n) is 2.22. The summed E-state index contributed by atoms with van der Waals surface area (Å²) in [5.74, 6) is -0.237. The molecule has 1 aliphatic carbocycles. The molecule has 0 spiro atoms. The first kappa shape index (κ1) is 13.9. The van der Waals surface area contributed by atoms with Crippen molar-refractivity contribution in [2.75, 3.05) is 0 Å². The first-order valence-corrected chi connectivity index (χ1v) is 7.37. The third-order valence-corrected chi connectivity index (χ3v) is 4.29. The second-order valence-corrected chi connectivity index (χ2v) is 5.84. The SMILES string of the molecule is Fc1ccc(-c2cccc(Cl)c2Cl)c(CNC2CC2)c1. The molecule has 3 rings (SSSR count). The fraction of sp³-hybridized carbons (Fsp3) is 0.250. The number of benzene rings is 2. The van der Waals surface area contributed by atoms with Crippen LogP contribution in [0.5, 0.6) is 0 Å². The summed E-state index contributed by atoms with van der Waals surface area (Å²) in [4.78, 5) is 0. The van der Waals surface area contributed by atoms with Gasteiger partial charge in [-0.2, -0.15) is 0 Å². The Morgan fingerprint density at radius 3 is 2.65 bits per heavy atom. The number of rotatable bonds is 4. The first-order valence-electron chi connectivity index (χ1n) is 6.61. The number of hydrogen-bond donors (Lipinski definition) is 1. The number of halogens is 3. The van der Waals surface area contributed by atoms with E-state index < -0.39 is 0 Å². The van der Waals surface area contributed by atoms with Crippen LogP contribution in [0.3, 0.4) is 0 Å². The lowest BCUT2D eigenvalue weighted by Crippen LogP contribution is -2.16. The molecule has 4 heteroatoms. The standard InChI is InChI=1S/C16H14Cl2FN/c17-15-3-1-2-14(16(15)18)13-7-4-11(19)8-10(13)9-20-12-5-6-12/h1-4,7-8,12,20H,5-6,9H2. The van der Waals surface area contributed by atoms with Gasteiger partial charge in [0.05, 0.1) is 10.0 Å². The third-order valence-electron chi connectivity index (χ3n) is 3.47. The van der Waals surface area contributed by atoms with Gasteiger partial charge in [0, 0.05) is 18.2 Å². The van der Waals surface area contributed by atoms with Crippen LogP contribution < -0.4 is 5.32 Å². The summed E-state index contributed by atoms with van der Waals surface area (Å²) < 4.78 is 13.5. The third kappa shape index (κ3) is 2.98. The van der Waals surface area contributed by atoms with Crippen LogP contribution in [0.25, 0.3) is 11.1 Å². The molecule has 1 nitrogen and oxygen atoms in total. The fourth-order valence-corrected chi connectivity index (χ4v) is 2.63. The van der Waals surface area contributed by atoms with Crippen molar-refractivity contribution in [1.82, 2.24) is 5.32 Å². The minimum atomic E-state index is -0.237. The summed E-state index contributed by atoms with van der Waals surface area (Å²) >= 11 is 12.3. The van der Waals surface area contributed by atoms with Crippen LogP contribution in [0.15, 0.2) is 36.4 Å². The quantitative estimate of drug-likeness (QED) is 0.833. The number of hydrogen-bond acceptors (Lipinski definition) is 1. The maximum Gasteiger partial charge on any atom is 0.123 e. The van der Waals surface area contributed by atoms with Crippen molar-refractivity contribution in [1.29, 1.82) is 0 Å². The van der Waals surface area contributed by atoms with Gasteiger partial charge in [-0.1, -0.05) is 41.4 Å². The Morgan fingerprint density at radius 1 is 1.10 bits per heavy atom.